The summed E-state index contributed by atoms with van der Waals surface area (Å²) in [7, 11) is 3.34. The van der Waals surface area contributed by atoms with Gasteiger partial charge in [0.2, 0.25) is 0 Å². The lowest BCUT2D eigenvalue weighted by molar-refractivity contribution is 0.183. The molecule has 0 spiro atoms. The van der Waals surface area contributed by atoms with E-state index >= 15 is 0 Å². The standard InChI is InChI=1S/C26H35ClN6O2/c1-7-26(3,4)33-25(28-29-30-33)23(20-9-8-10-22(34-5)24(20)35-6)32-15-13-31(14-16-32)21-17-19(27)12-11-18(21)2/h8-12,17,23H,7,13-16H2,1-6H3/t23-/m0/s1. The molecular weight excluding hydrogens is 464 g/mol. The Morgan fingerprint density at radius 1 is 1.06 bits per heavy atom. The molecule has 0 unspecified atom stereocenters. The largest absolute Gasteiger partial charge is 0.493 e. The van der Waals surface area contributed by atoms with E-state index in [0.29, 0.717) is 11.5 Å². The predicted molar refractivity (Wildman–Crippen MR) is 139 cm³/mol. The van der Waals surface area contributed by atoms with E-state index in [-0.39, 0.29) is 11.6 Å². The predicted octanol–water partition coefficient (Wildman–Crippen LogP) is 4.71. The maximum Gasteiger partial charge on any atom is 0.173 e. The summed E-state index contributed by atoms with van der Waals surface area (Å²) in [6.07, 6.45) is 0.898. The molecule has 35 heavy (non-hydrogen) atoms. The number of hydrogen-bond acceptors (Lipinski definition) is 7. The van der Waals surface area contributed by atoms with Crippen molar-refractivity contribution in [1.29, 1.82) is 0 Å². The first kappa shape index (κ1) is 25.3. The summed E-state index contributed by atoms with van der Waals surface area (Å²) in [6, 6.07) is 11.9. The van der Waals surface area contributed by atoms with E-state index in [1.807, 2.05) is 22.9 Å². The third-order valence-electron chi connectivity index (χ3n) is 7.10. The number of para-hydroxylation sites is 1. The third-order valence-corrected chi connectivity index (χ3v) is 7.33. The number of piperazine rings is 1. The van der Waals surface area contributed by atoms with Crippen LogP contribution in [0.3, 0.4) is 0 Å². The molecule has 0 N–H and O–H groups in total. The Bertz CT molecular complexity index is 1160. The Labute approximate surface area is 212 Å². The van der Waals surface area contributed by atoms with Gasteiger partial charge in [-0.25, -0.2) is 4.68 Å². The van der Waals surface area contributed by atoms with E-state index < -0.39 is 0 Å². The highest BCUT2D eigenvalue weighted by molar-refractivity contribution is 6.30. The van der Waals surface area contributed by atoms with Gasteiger partial charge in [-0.1, -0.05) is 36.7 Å². The van der Waals surface area contributed by atoms with Gasteiger partial charge in [-0.15, -0.1) is 5.10 Å². The number of nitrogens with zero attached hydrogens (tertiary/aromatic N) is 6. The smallest absolute Gasteiger partial charge is 0.173 e. The number of aryl methyl sites for hydroxylation is 1. The molecule has 2 heterocycles. The number of benzene rings is 2. The van der Waals surface area contributed by atoms with Gasteiger partial charge in [-0.05, 0) is 61.4 Å². The number of ether oxygens (including phenoxy) is 2. The molecule has 0 amide bonds. The fourth-order valence-electron chi connectivity index (χ4n) is 4.72. The second-order valence-electron chi connectivity index (χ2n) is 9.55. The van der Waals surface area contributed by atoms with E-state index in [2.05, 4.69) is 71.2 Å². The SMILES string of the molecule is CCC(C)(C)n1nnnc1[C@H](c1cccc(OC)c1OC)N1CCN(c2cc(Cl)ccc2C)CC1. The van der Waals surface area contributed by atoms with Crippen molar-refractivity contribution >= 4 is 17.3 Å². The molecule has 4 rings (SSSR count). The molecular formula is C26H35ClN6O2. The maximum atomic E-state index is 6.31. The minimum atomic E-state index is -0.233. The minimum absolute atomic E-state index is 0.191. The second-order valence-corrected chi connectivity index (χ2v) is 9.99. The summed E-state index contributed by atoms with van der Waals surface area (Å²) < 4.78 is 13.4. The summed E-state index contributed by atoms with van der Waals surface area (Å²) in [5, 5.41) is 13.8. The Morgan fingerprint density at radius 3 is 2.46 bits per heavy atom. The summed E-state index contributed by atoms with van der Waals surface area (Å²) >= 11 is 6.31. The topological polar surface area (TPSA) is 68.5 Å². The van der Waals surface area contributed by atoms with Gasteiger partial charge < -0.3 is 14.4 Å². The molecule has 2 aromatic carbocycles. The summed E-state index contributed by atoms with van der Waals surface area (Å²) in [4.78, 5) is 4.83. The molecule has 0 bridgehead atoms. The number of methoxy groups -OCH3 is 2. The molecule has 8 nitrogen and oxygen atoms in total. The molecule has 1 atom stereocenters. The fraction of sp³-hybridized carbons (Fsp3) is 0.500. The van der Waals surface area contributed by atoms with Gasteiger partial charge in [0.05, 0.1) is 19.8 Å². The molecule has 0 radical (unpaired) electrons. The zero-order valence-electron chi connectivity index (χ0n) is 21.5. The van der Waals surface area contributed by atoms with Crippen LogP contribution < -0.4 is 14.4 Å². The molecule has 188 valence electrons. The Hall–Kier alpha value is -2.84. The number of anilines is 1. The van der Waals surface area contributed by atoms with Gasteiger partial charge in [0.15, 0.2) is 17.3 Å². The molecule has 0 aliphatic carbocycles. The van der Waals surface area contributed by atoms with Crippen LogP contribution in [0.15, 0.2) is 36.4 Å². The number of hydrogen-bond donors (Lipinski definition) is 0. The summed E-state index contributed by atoms with van der Waals surface area (Å²) in [6.45, 7) is 12.0. The zero-order chi connectivity index (χ0) is 25.2. The van der Waals surface area contributed by atoms with Gasteiger partial charge in [0.25, 0.3) is 0 Å². The van der Waals surface area contributed by atoms with Crippen LogP contribution in [0, 0.1) is 6.92 Å². The van der Waals surface area contributed by atoms with Crippen molar-refractivity contribution in [2.24, 2.45) is 0 Å². The van der Waals surface area contributed by atoms with E-state index in [1.54, 1.807) is 14.2 Å². The fourth-order valence-corrected chi connectivity index (χ4v) is 4.88. The first-order valence-corrected chi connectivity index (χ1v) is 12.4. The van der Waals surface area contributed by atoms with Gasteiger partial charge in [0.1, 0.15) is 6.04 Å². The van der Waals surface area contributed by atoms with Crippen LogP contribution in [0.1, 0.15) is 50.2 Å². The maximum absolute atomic E-state index is 6.31. The highest BCUT2D eigenvalue weighted by Crippen LogP contribution is 2.41. The van der Waals surface area contributed by atoms with Gasteiger partial charge in [-0.2, -0.15) is 0 Å². The minimum Gasteiger partial charge on any atom is -0.493 e. The Balaban J connectivity index is 1.74. The Kier molecular flexibility index (Phi) is 7.52. The van der Waals surface area contributed by atoms with E-state index in [0.717, 1.165) is 49.0 Å². The number of halogens is 1. The molecule has 1 fully saturated rings. The normalized spacial score (nSPS) is 15.8. The van der Waals surface area contributed by atoms with Crippen molar-refractivity contribution < 1.29 is 9.47 Å². The molecule has 1 aliphatic heterocycles. The van der Waals surface area contributed by atoms with Crippen molar-refractivity contribution in [2.45, 2.75) is 45.7 Å². The molecule has 1 saturated heterocycles. The van der Waals surface area contributed by atoms with Gasteiger partial charge in [-0.3, -0.25) is 4.90 Å². The van der Waals surface area contributed by atoms with Gasteiger partial charge in [0, 0.05) is 42.5 Å². The van der Waals surface area contributed by atoms with E-state index in [4.69, 9.17) is 21.1 Å². The summed E-state index contributed by atoms with van der Waals surface area (Å²) in [5.41, 5.74) is 3.16. The second kappa shape index (κ2) is 10.4. The molecule has 9 heteroatoms. The molecule has 1 aromatic heterocycles. The average Bonchev–Trinajstić information content (AvgIpc) is 3.36. The quantitative estimate of drug-likeness (QED) is 0.445. The zero-order valence-corrected chi connectivity index (χ0v) is 22.2. The van der Waals surface area contributed by atoms with Crippen molar-refractivity contribution in [3.63, 3.8) is 0 Å². The van der Waals surface area contributed by atoms with E-state index in [9.17, 15) is 0 Å². The van der Waals surface area contributed by atoms with E-state index in [1.165, 1.54) is 11.3 Å². The van der Waals surface area contributed by atoms with Crippen molar-refractivity contribution in [1.82, 2.24) is 25.1 Å². The monoisotopic (exact) mass is 498 g/mol. The van der Waals surface area contributed by atoms with Crippen molar-refractivity contribution in [3.05, 3.63) is 58.4 Å². The van der Waals surface area contributed by atoms with Crippen LogP contribution >= 0.6 is 11.6 Å². The first-order chi connectivity index (χ1) is 16.8. The Morgan fingerprint density at radius 2 is 1.80 bits per heavy atom. The molecule has 3 aromatic rings. The van der Waals surface area contributed by atoms with Crippen molar-refractivity contribution in [2.75, 3.05) is 45.3 Å². The van der Waals surface area contributed by atoms with Crippen LogP contribution in [0.4, 0.5) is 5.69 Å². The highest BCUT2D eigenvalue weighted by Gasteiger charge is 2.36. The van der Waals surface area contributed by atoms with Crippen LogP contribution in [-0.2, 0) is 5.54 Å². The third kappa shape index (κ3) is 4.95. The van der Waals surface area contributed by atoms with Crippen LogP contribution in [0.25, 0.3) is 0 Å². The lowest BCUT2D eigenvalue weighted by Crippen LogP contribution is -2.49. The highest BCUT2D eigenvalue weighted by atomic mass is 35.5. The van der Waals surface area contributed by atoms with Crippen LogP contribution in [-0.4, -0.2) is 65.5 Å². The number of tetrazole rings is 1. The number of rotatable bonds is 8. The lowest BCUT2D eigenvalue weighted by atomic mass is 9.98. The molecule has 0 saturated carbocycles. The van der Waals surface area contributed by atoms with Gasteiger partial charge >= 0.3 is 0 Å². The summed E-state index contributed by atoms with van der Waals surface area (Å²) in [5.74, 6) is 2.20. The van der Waals surface area contributed by atoms with Crippen LogP contribution in [0.2, 0.25) is 5.02 Å². The number of aromatic nitrogens is 4. The van der Waals surface area contributed by atoms with Crippen LogP contribution in [0.5, 0.6) is 11.5 Å². The van der Waals surface area contributed by atoms with Crippen molar-refractivity contribution in [3.8, 4) is 11.5 Å². The average molecular weight is 499 g/mol. The first-order valence-electron chi connectivity index (χ1n) is 12.1. The lowest BCUT2D eigenvalue weighted by Gasteiger charge is -2.41. The molecule has 1 aliphatic rings.